The molecule has 4 rings (SSSR count). The molecule has 2 aliphatic rings. The number of sulfonamides is 1. The Balaban J connectivity index is 1.52. The van der Waals surface area contributed by atoms with Gasteiger partial charge in [-0.05, 0) is 31.0 Å². The van der Waals surface area contributed by atoms with Crippen LogP contribution in [0.4, 0.5) is 13.2 Å². The zero-order valence-corrected chi connectivity index (χ0v) is 18.0. The van der Waals surface area contributed by atoms with Gasteiger partial charge in [0.15, 0.2) is 0 Å². The number of halogens is 3. The van der Waals surface area contributed by atoms with Crippen molar-refractivity contribution in [3.63, 3.8) is 0 Å². The van der Waals surface area contributed by atoms with E-state index in [9.17, 15) is 31.2 Å². The first-order valence-corrected chi connectivity index (χ1v) is 11.7. The Labute approximate surface area is 182 Å². The molecule has 0 bridgehead atoms. The number of piperazine rings is 1. The average Bonchev–Trinajstić information content (AvgIpc) is 3.27. The molecule has 0 unspecified atom stereocenters. The lowest BCUT2D eigenvalue weighted by Gasteiger charge is -2.34. The van der Waals surface area contributed by atoms with Crippen LogP contribution in [0.15, 0.2) is 34.0 Å². The number of likely N-dealkylation sites (tertiary alicyclic amines) is 1. The van der Waals surface area contributed by atoms with Crippen molar-refractivity contribution < 1.29 is 26.4 Å². The Hall–Kier alpha value is -2.44. The Bertz CT molecular complexity index is 1180. The molecule has 174 valence electrons. The van der Waals surface area contributed by atoms with Gasteiger partial charge in [0.05, 0.1) is 17.0 Å². The van der Waals surface area contributed by atoms with Crippen LogP contribution in [0.2, 0.25) is 0 Å². The van der Waals surface area contributed by atoms with Crippen molar-refractivity contribution in [2.75, 3.05) is 45.8 Å². The number of nitrogens with one attached hydrogen (secondary N) is 1. The number of nitrogens with zero attached hydrogens (tertiary/aromatic N) is 3. The highest BCUT2D eigenvalue weighted by atomic mass is 32.2. The van der Waals surface area contributed by atoms with Crippen LogP contribution in [-0.4, -0.2) is 79.2 Å². The van der Waals surface area contributed by atoms with Gasteiger partial charge in [0.2, 0.25) is 21.5 Å². The van der Waals surface area contributed by atoms with Gasteiger partial charge >= 0.3 is 6.18 Å². The molecule has 2 saturated heterocycles. The fourth-order valence-corrected chi connectivity index (χ4v) is 5.61. The second-order valence-electron chi connectivity index (χ2n) is 8.02. The van der Waals surface area contributed by atoms with Crippen molar-refractivity contribution in [3.8, 4) is 0 Å². The molecule has 0 spiro atoms. The van der Waals surface area contributed by atoms with Gasteiger partial charge in [-0.2, -0.15) is 17.5 Å². The van der Waals surface area contributed by atoms with Gasteiger partial charge in [-0.25, -0.2) is 8.42 Å². The Morgan fingerprint density at radius 2 is 1.66 bits per heavy atom. The molecule has 12 heteroatoms. The van der Waals surface area contributed by atoms with Crippen molar-refractivity contribution in [3.05, 3.63) is 40.2 Å². The molecule has 0 atom stereocenters. The third kappa shape index (κ3) is 4.52. The zero-order valence-electron chi connectivity index (χ0n) is 17.2. The number of carbonyl (C=O) groups is 1. The number of aromatic amines is 1. The number of carbonyl (C=O) groups excluding carboxylic acids is 1. The van der Waals surface area contributed by atoms with E-state index in [-0.39, 0.29) is 41.3 Å². The van der Waals surface area contributed by atoms with Gasteiger partial charge in [-0.1, -0.05) is 0 Å². The minimum absolute atomic E-state index is 0.0296. The van der Waals surface area contributed by atoms with Gasteiger partial charge in [-0.3, -0.25) is 14.5 Å². The van der Waals surface area contributed by atoms with E-state index < -0.39 is 27.3 Å². The Kier molecular flexibility index (Phi) is 6.03. The Morgan fingerprint density at radius 3 is 2.28 bits per heavy atom. The number of amides is 1. The number of fused-ring (bicyclic) bond motifs is 1. The van der Waals surface area contributed by atoms with Crippen LogP contribution in [0.25, 0.3) is 10.9 Å². The zero-order chi connectivity index (χ0) is 23.1. The summed E-state index contributed by atoms with van der Waals surface area (Å²) in [6.07, 6.45) is -2.82. The molecule has 32 heavy (non-hydrogen) atoms. The lowest BCUT2D eigenvalue weighted by molar-refractivity contribution is -0.136. The van der Waals surface area contributed by atoms with Gasteiger partial charge < -0.3 is 9.88 Å². The summed E-state index contributed by atoms with van der Waals surface area (Å²) >= 11 is 0. The highest BCUT2D eigenvalue weighted by molar-refractivity contribution is 7.89. The maximum Gasteiger partial charge on any atom is 0.417 e. The lowest BCUT2D eigenvalue weighted by atomic mass is 10.1. The number of rotatable bonds is 4. The normalized spacial score (nSPS) is 19.0. The quantitative estimate of drug-likeness (QED) is 0.728. The van der Waals surface area contributed by atoms with Gasteiger partial charge in [0.1, 0.15) is 0 Å². The van der Waals surface area contributed by atoms with E-state index in [0.29, 0.717) is 19.2 Å². The van der Waals surface area contributed by atoms with E-state index in [1.165, 1.54) is 16.4 Å². The largest absolute Gasteiger partial charge is 0.417 e. The first-order valence-electron chi connectivity index (χ1n) is 10.3. The number of H-pyrrole nitrogens is 1. The van der Waals surface area contributed by atoms with Crippen molar-refractivity contribution in [2.45, 2.75) is 23.9 Å². The molecule has 0 radical (unpaired) electrons. The van der Waals surface area contributed by atoms with Crippen LogP contribution in [-0.2, 0) is 21.0 Å². The van der Waals surface area contributed by atoms with E-state index in [4.69, 9.17) is 0 Å². The highest BCUT2D eigenvalue weighted by Crippen LogP contribution is 2.34. The summed E-state index contributed by atoms with van der Waals surface area (Å²) in [5.74, 6) is 0.0296. The first kappa shape index (κ1) is 22.7. The molecule has 0 aliphatic carbocycles. The van der Waals surface area contributed by atoms with Gasteiger partial charge in [-0.15, -0.1) is 0 Å². The van der Waals surface area contributed by atoms with Crippen LogP contribution >= 0.6 is 0 Å². The second-order valence-corrected chi connectivity index (χ2v) is 9.96. The smallest absolute Gasteiger partial charge is 0.342 e. The van der Waals surface area contributed by atoms with E-state index in [1.807, 2.05) is 4.90 Å². The number of benzene rings is 1. The molecule has 1 aromatic heterocycles. The molecule has 0 saturated carbocycles. The molecule has 3 heterocycles. The third-order valence-electron chi connectivity index (χ3n) is 5.91. The minimum Gasteiger partial charge on any atom is -0.342 e. The van der Waals surface area contributed by atoms with E-state index >= 15 is 0 Å². The SMILES string of the molecule is O=C(CN1CCN(S(=O)(=O)c2ccc3[nH]c(=O)cc(C(F)(F)F)c3c2)CC1)N1CCCC1. The fraction of sp³-hybridized carbons (Fsp3) is 0.500. The van der Waals surface area contributed by atoms with Crippen LogP contribution in [0.3, 0.4) is 0 Å². The fourth-order valence-electron chi connectivity index (χ4n) is 4.16. The van der Waals surface area contributed by atoms with Crippen molar-refractivity contribution >= 4 is 26.8 Å². The van der Waals surface area contributed by atoms with E-state index in [2.05, 4.69) is 4.98 Å². The molecule has 1 aromatic carbocycles. The molecular formula is C20H23F3N4O4S. The van der Waals surface area contributed by atoms with E-state index in [1.54, 1.807) is 4.90 Å². The van der Waals surface area contributed by atoms with Crippen molar-refractivity contribution in [2.24, 2.45) is 0 Å². The summed E-state index contributed by atoms with van der Waals surface area (Å²) in [7, 11) is -4.04. The maximum absolute atomic E-state index is 13.4. The summed E-state index contributed by atoms with van der Waals surface area (Å²) < 4.78 is 67.5. The second kappa shape index (κ2) is 8.49. The first-order chi connectivity index (χ1) is 15.1. The summed E-state index contributed by atoms with van der Waals surface area (Å²) in [5, 5.41) is -0.381. The number of pyridine rings is 1. The molecular weight excluding hydrogens is 449 g/mol. The predicted octanol–water partition coefficient (Wildman–Crippen LogP) is 1.48. The van der Waals surface area contributed by atoms with Gasteiger partial charge in [0.25, 0.3) is 0 Å². The number of hydrogen-bond donors (Lipinski definition) is 1. The number of aromatic nitrogens is 1. The average molecular weight is 472 g/mol. The molecule has 2 aromatic rings. The van der Waals surface area contributed by atoms with Crippen molar-refractivity contribution in [1.29, 1.82) is 0 Å². The van der Waals surface area contributed by atoms with Crippen LogP contribution < -0.4 is 5.56 Å². The topological polar surface area (TPSA) is 93.8 Å². The molecule has 1 amide bonds. The summed E-state index contributed by atoms with van der Waals surface area (Å²) in [6.45, 7) is 2.70. The predicted molar refractivity (Wildman–Crippen MR) is 111 cm³/mol. The molecule has 2 aliphatic heterocycles. The third-order valence-corrected chi connectivity index (χ3v) is 7.80. The number of alkyl halides is 3. The van der Waals surface area contributed by atoms with Crippen LogP contribution in [0.5, 0.6) is 0 Å². The Morgan fingerprint density at radius 1 is 1.00 bits per heavy atom. The molecule has 2 fully saturated rings. The number of hydrogen-bond acceptors (Lipinski definition) is 5. The molecule has 1 N–H and O–H groups in total. The van der Waals surface area contributed by atoms with Gasteiger partial charge in [0, 0.05) is 56.2 Å². The summed E-state index contributed by atoms with van der Waals surface area (Å²) in [4.78, 5) is 29.6. The summed E-state index contributed by atoms with van der Waals surface area (Å²) in [6, 6.07) is 3.74. The maximum atomic E-state index is 13.4. The van der Waals surface area contributed by atoms with Crippen molar-refractivity contribution in [1.82, 2.24) is 19.1 Å². The lowest BCUT2D eigenvalue weighted by Crippen LogP contribution is -2.51. The van der Waals surface area contributed by atoms with Crippen LogP contribution in [0, 0.1) is 0 Å². The molecule has 8 nitrogen and oxygen atoms in total. The minimum atomic E-state index is -4.80. The summed E-state index contributed by atoms with van der Waals surface area (Å²) in [5.41, 5.74) is -2.19. The highest BCUT2D eigenvalue weighted by Gasteiger charge is 2.35. The van der Waals surface area contributed by atoms with Crippen LogP contribution in [0.1, 0.15) is 18.4 Å². The van der Waals surface area contributed by atoms with E-state index in [0.717, 1.165) is 32.0 Å². The monoisotopic (exact) mass is 472 g/mol. The standard InChI is InChI=1S/C20H23F3N4O4S/c21-20(22,23)16-12-18(28)24-17-4-3-14(11-15(16)17)32(30,31)27-9-7-25(8-10-27)13-19(29)26-5-1-2-6-26/h3-4,11-12H,1-2,5-10,13H2,(H,24,28).